The molecule has 3 aliphatic rings. The van der Waals surface area contributed by atoms with Crippen molar-refractivity contribution in [3.8, 4) is 0 Å². The summed E-state index contributed by atoms with van der Waals surface area (Å²) in [4.78, 5) is 45.8. The first-order chi connectivity index (χ1) is 19.8. The lowest BCUT2D eigenvalue weighted by molar-refractivity contribution is -0.121. The number of para-hydroxylation sites is 1. The maximum absolute atomic E-state index is 14.8. The second-order valence-corrected chi connectivity index (χ2v) is 12.7. The maximum Gasteiger partial charge on any atom is 0.238 e. The van der Waals surface area contributed by atoms with Crippen LogP contribution in [0.1, 0.15) is 31.8 Å². The number of Topliss-reactive ketones (excluding diaryl/α,β-unsaturated/α-hetero) is 2. The van der Waals surface area contributed by atoms with E-state index in [1.54, 1.807) is 30.3 Å². The van der Waals surface area contributed by atoms with E-state index in [1.165, 1.54) is 0 Å². The van der Waals surface area contributed by atoms with Gasteiger partial charge in [0.15, 0.2) is 11.6 Å². The minimum absolute atomic E-state index is 0.201. The van der Waals surface area contributed by atoms with E-state index in [2.05, 4.69) is 37.2 Å². The van der Waals surface area contributed by atoms with Gasteiger partial charge in [-0.3, -0.25) is 14.4 Å². The number of nitrogens with one attached hydrogen (secondary N) is 1. The molecule has 4 atom stereocenters. The van der Waals surface area contributed by atoms with E-state index in [4.69, 9.17) is 11.6 Å². The van der Waals surface area contributed by atoms with E-state index >= 15 is 0 Å². The molecule has 0 aromatic heterocycles. The molecule has 7 rings (SSSR count). The molecular formula is C33H21Br2ClN2O3. The van der Waals surface area contributed by atoms with Crippen LogP contribution in [0, 0.1) is 5.92 Å². The average Bonchev–Trinajstić information content (AvgIpc) is 3.44. The third-order valence-electron chi connectivity index (χ3n) is 8.39. The number of rotatable bonds is 4. The largest absolute Gasteiger partial charge is 0.352 e. The quantitative estimate of drug-likeness (QED) is 0.223. The highest BCUT2D eigenvalue weighted by Crippen LogP contribution is 2.58. The van der Waals surface area contributed by atoms with E-state index in [1.807, 2.05) is 77.7 Å². The van der Waals surface area contributed by atoms with Gasteiger partial charge in [-0.05, 0) is 59.7 Å². The van der Waals surface area contributed by atoms with Crippen molar-refractivity contribution in [1.82, 2.24) is 0 Å². The normalized spacial score (nSPS) is 23.6. The fourth-order valence-corrected chi connectivity index (χ4v) is 7.44. The number of carbonyl (C=O) groups is 3. The van der Waals surface area contributed by atoms with Crippen LogP contribution in [0.4, 0.5) is 11.4 Å². The van der Waals surface area contributed by atoms with Crippen molar-refractivity contribution < 1.29 is 14.4 Å². The van der Waals surface area contributed by atoms with Crippen molar-refractivity contribution in [1.29, 1.82) is 0 Å². The zero-order chi connectivity index (χ0) is 28.5. The highest BCUT2D eigenvalue weighted by atomic mass is 79.9. The van der Waals surface area contributed by atoms with Gasteiger partial charge < -0.3 is 10.2 Å². The van der Waals surface area contributed by atoms with Crippen LogP contribution >= 0.6 is 43.5 Å². The fraction of sp³-hybridized carbons (Fsp3) is 0.121. The number of anilines is 2. The summed E-state index contributed by atoms with van der Waals surface area (Å²) in [6.45, 7) is 0. The summed E-state index contributed by atoms with van der Waals surface area (Å²) >= 11 is 13.3. The van der Waals surface area contributed by atoms with Gasteiger partial charge in [0.25, 0.3) is 0 Å². The molecule has 3 aliphatic heterocycles. The Bertz CT molecular complexity index is 1790. The van der Waals surface area contributed by atoms with Gasteiger partial charge in [-0.15, -0.1) is 0 Å². The minimum atomic E-state index is -1.50. The summed E-state index contributed by atoms with van der Waals surface area (Å²) in [5, 5.41) is 3.59. The zero-order valence-corrected chi connectivity index (χ0v) is 25.3. The number of carbonyl (C=O) groups excluding carboxylic acids is 3. The molecule has 1 saturated heterocycles. The van der Waals surface area contributed by atoms with Crippen molar-refractivity contribution in [2.75, 3.05) is 10.2 Å². The number of ketones is 2. The molecule has 0 bridgehead atoms. The lowest BCUT2D eigenvalue weighted by atomic mass is 9.63. The summed E-state index contributed by atoms with van der Waals surface area (Å²) in [7, 11) is 0. The van der Waals surface area contributed by atoms with Crippen LogP contribution < -0.4 is 10.2 Å². The van der Waals surface area contributed by atoms with Crippen LogP contribution in [0.25, 0.3) is 6.08 Å². The topological polar surface area (TPSA) is 66.5 Å². The molecule has 1 amide bonds. The van der Waals surface area contributed by atoms with E-state index in [0.29, 0.717) is 27.4 Å². The Morgan fingerprint density at radius 1 is 0.829 bits per heavy atom. The first kappa shape index (κ1) is 26.4. The Hall–Kier alpha value is -3.52. The highest BCUT2D eigenvalue weighted by molar-refractivity contribution is 9.10. The van der Waals surface area contributed by atoms with Crippen molar-refractivity contribution in [2.24, 2.45) is 5.92 Å². The van der Waals surface area contributed by atoms with Gasteiger partial charge in [0.1, 0.15) is 11.5 Å². The molecule has 1 spiro atoms. The summed E-state index contributed by atoms with van der Waals surface area (Å²) in [6, 6.07) is 25.5. The Morgan fingerprint density at radius 3 is 2.15 bits per heavy atom. The van der Waals surface area contributed by atoms with Gasteiger partial charge >= 0.3 is 0 Å². The number of hydrogen-bond acceptors (Lipinski definition) is 4. The van der Waals surface area contributed by atoms with Crippen LogP contribution in [-0.4, -0.2) is 29.6 Å². The molecular weight excluding hydrogens is 668 g/mol. The van der Waals surface area contributed by atoms with Gasteiger partial charge in [-0.2, -0.15) is 0 Å². The first-order valence-corrected chi connectivity index (χ1v) is 15.0. The van der Waals surface area contributed by atoms with Gasteiger partial charge in [0.05, 0.1) is 12.0 Å². The number of halogens is 3. The number of amides is 1. The molecule has 0 aliphatic carbocycles. The SMILES string of the molecule is O=C(c1ccc(Br)cc1)[C@@H]1N2c3ccc(Cl)cc3C=CC2[C@H](C(=O)c2ccc(Br)cc2)[C@]12C(=O)Nc1ccccc12. The monoisotopic (exact) mass is 686 g/mol. The fourth-order valence-electron chi connectivity index (χ4n) is 6.73. The maximum atomic E-state index is 14.8. The molecule has 1 N–H and O–H groups in total. The zero-order valence-electron chi connectivity index (χ0n) is 21.4. The van der Waals surface area contributed by atoms with E-state index in [-0.39, 0.29) is 17.5 Å². The second-order valence-electron chi connectivity index (χ2n) is 10.5. The Kier molecular flexibility index (Phi) is 6.30. The molecule has 1 unspecified atom stereocenters. The van der Waals surface area contributed by atoms with Crippen LogP contribution in [-0.2, 0) is 10.2 Å². The lowest BCUT2D eigenvalue weighted by Crippen LogP contribution is -2.55. The Balaban J connectivity index is 1.54. The summed E-state index contributed by atoms with van der Waals surface area (Å²) in [5.74, 6) is -1.69. The minimum Gasteiger partial charge on any atom is -0.352 e. The smallest absolute Gasteiger partial charge is 0.238 e. The molecule has 202 valence electrons. The predicted molar refractivity (Wildman–Crippen MR) is 168 cm³/mol. The summed E-state index contributed by atoms with van der Waals surface area (Å²) in [5.41, 5.74) is 2.26. The third kappa shape index (κ3) is 3.90. The van der Waals surface area contributed by atoms with Gasteiger partial charge in [-0.25, -0.2) is 0 Å². The van der Waals surface area contributed by atoms with Gasteiger partial charge in [0.2, 0.25) is 5.91 Å². The standard InChI is InChI=1S/C33H21Br2ClN2O3/c34-21-10-5-18(6-11-21)29(39)28-27-15-9-20-17-23(36)14-16-26(20)38(27)31(30(40)19-7-12-22(35)13-8-19)33(28)24-3-1-2-4-25(24)37-32(33)41/h1-17,27-28,31H,(H,37,41)/t27?,28-,31+,33+/m1/s1. The predicted octanol–water partition coefficient (Wildman–Crippen LogP) is 7.72. The molecule has 41 heavy (non-hydrogen) atoms. The second kappa shape index (κ2) is 9.79. The van der Waals surface area contributed by atoms with Crippen molar-refractivity contribution in [3.05, 3.63) is 133 Å². The third-order valence-corrected chi connectivity index (χ3v) is 9.68. The Labute approximate surface area is 258 Å². The molecule has 1 fully saturated rings. The van der Waals surface area contributed by atoms with Crippen LogP contribution in [0.2, 0.25) is 5.02 Å². The highest BCUT2D eigenvalue weighted by Gasteiger charge is 2.70. The summed E-state index contributed by atoms with van der Waals surface area (Å²) in [6.07, 6.45) is 3.87. The molecule has 0 radical (unpaired) electrons. The first-order valence-electron chi connectivity index (χ1n) is 13.1. The molecule has 5 nitrogen and oxygen atoms in total. The number of benzene rings is 4. The molecule has 4 aromatic carbocycles. The van der Waals surface area contributed by atoms with Crippen LogP contribution in [0.15, 0.2) is 106 Å². The average molecular weight is 689 g/mol. The van der Waals surface area contributed by atoms with Crippen molar-refractivity contribution in [3.63, 3.8) is 0 Å². The van der Waals surface area contributed by atoms with Crippen molar-refractivity contribution >= 4 is 78.4 Å². The van der Waals surface area contributed by atoms with Crippen molar-refractivity contribution in [2.45, 2.75) is 17.5 Å². The number of fused-ring (bicyclic) bond motifs is 5. The van der Waals surface area contributed by atoms with Crippen LogP contribution in [0.5, 0.6) is 0 Å². The summed E-state index contributed by atoms with van der Waals surface area (Å²) < 4.78 is 1.67. The van der Waals surface area contributed by atoms with E-state index in [9.17, 15) is 14.4 Å². The molecule has 3 heterocycles. The lowest BCUT2D eigenvalue weighted by Gasteiger charge is -2.37. The molecule has 8 heteroatoms. The van der Waals surface area contributed by atoms with Crippen LogP contribution in [0.3, 0.4) is 0 Å². The molecule has 4 aromatic rings. The van der Waals surface area contributed by atoms with E-state index in [0.717, 1.165) is 20.2 Å². The molecule has 0 saturated carbocycles. The number of hydrogen-bond donors (Lipinski definition) is 1. The van der Waals surface area contributed by atoms with Gasteiger partial charge in [-0.1, -0.05) is 98.1 Å². The van der Waals surface area contributed by atoms with E-state index < -0.39 is 23.4 Å². The number of nitrogens with zero attached hydrogens (tertiary/aromatic N) is 1. The van der Waals surface area contributed by atoms with Gasteiger partial charge in [0, 0.05) is 36.5 Å². The Morgan fingerprint density at radius 2 is 1.46 bits per heavy atom.